The number of rotatable bonds is 5. The van der Waals surface area contributed by atoms with E-state index in [-0.39, 0.29) is 17.4 Å². The summed E-state index contributed by atoms with van der Waals surface area (Å²) < 4.78 is 10.1. The molecule has 0 radical (unpaired) electrons. The number of carbonyl (C=O) groups is 1. The molecule has 2 aromatic rings. The average Bonchev–Trinajstić information content (AvgIpc) is 2.53. The van der Waals surface area contributed by atoms with E-state index in [1.165, 1.54) is 20.4 Å². The maximum absolute atomic E-state index is 12.6. The van der Waals surface area contributed by atoms with Gasteiger partial charge in [0.05, 0.1) is 20.4 Å². The molecule has 2 heterocycles. The summed E-state index contributed by atoms with van der Waals surface area (Å²) in [5, 5.41) is 0. The Labute approximate surface area is 116 Å². The fourth-order valence-electron chi connectivity index (χ4n) is 1.81. The summed E-state index contributed by atoms with van der Waals surface area (Å²) in [6.07, 6.45) is 5.36. The lowest BCUT2D eigenvalue weighted by Gasteiger charge is -2.09. The van der Waals surface area contributed by atoms with Gasteiger partial charge in [0.25, 0.3) is 0 Å². The molecule has 0 aromatic carbocycles. The van der Waals surface area contributed by atoms with Crippen LogP contribution in [0.2, 0.25) is 0 Å². The van der Waals surface area contributed by atoms with Crippen molar-refractivity contribution in [2.45, 2.75) is 13.3 Å². The van der Waals surface area contributed by atoms with E-state index < -0.39 is 0 Å². The normalized spacial score (nSPS) is 10.2. The van der Waals surface area contributed by atoms with Gasteiger partial charge in [-0.05, 0) is 18.1 Å². The zero-order valence-corrected chi connectivity index (χ0v) is 11.6. The molecule has 0 aliphatic carbocycles. The third kappa shape index (κ3) is 2.59. The average molecular weight is 273 g/mol. The van der Waals surface area contributed by atoms with E-state index in [0.717, 1.165) is 5.56 Å². The number of nitrogens with zero attached hydrogens (tertiary/aromatic N) is 3. The lowest BCUT2D eigenvalue weighted by atomic mass is 10.0. The van der Waals surface area contributed by atoms with Crippen molar-refractivity contribution in [1.82, 2.24) is 15.0 Å². The minimum absolute atomic E-state index is 0.146. The van der Waals surface area contributed by atoms with Crippen LogP contribution in [0.1, 0.15) is 28.5 Å². The largest absolute Gasteiger partial charge is 0.480 e. The van der Waals surface area contributed by atoms with Crippen LogP contribution in [0.15, 0.2) is 24.7 Å². The van der Waals surface area contributed by atoms with Gasteiger partial charge in [-0.3, -0.25) is 9.78 Å². The van der Waals surface area contributed by atoms with Gasteiger partial charge in [0.2, 0.25) is 17.5 Å². The predicted molar refractivity (Wildman–Crippen MR) is 72.2 cm³/mol. The maximum Gasteiger partial charge on any atom is 0.247 e. The van der Waals surface area contributed by atoms with Gasteiger partial charge in [-0.2, -0.15) is 4.98 Å². The number of hydrogen-bond acceptors (Lipinski definition) is 6. The topological polar surface area (TPSA) is 74.2 Å². The zero-order valence-electron chi connectivity index (χ0n) is 11.6. The highest BCUT2D eigenvalue weighted by atomic mass is 16.5. The van der Waals surface area contributed by atoms with Crippen molar-refractivity contribution in [3.8, 4) is 11.8 Å². The molecule has 0 unspecified atom stereocenters. The molecule has 0 atom stereocenters. The van der Waals surface area contributed by atoms with E-state index in [2.05, 4.69) is 15.0 Å². The first-order chi connectivity index (χ1) is 9.71. The smallest absolute Gasteiger partial charge is 0.247 e. The molecule has 0 saturated heterocycles. The van der Waals surface area contributed by atoms with Crippen LogP contribution in [0.4, 0.5) is 0 Å². The highest BCUT2D eigenvalue weighted by molar-refractivity contribution is 6.09. The molecule has 0 fully saturated rings. The van der Waals surface area contributed by atoms with Crippen LogP contribution >= 0.6 is 0 Å². The van der Waals surface area contributed by atoms with Crippen molar-refractivity contribution >= 4 is 5.78 Å². The SMILES string of the molecule is CCc1cnccc1C(=O)c1ncc(OC)nc1OC. The highest BCUT2D eigenvalue weighted by Gasteiger charge is 2.20. The Morgan fingerprint density at radius 3 is 2.70 bits per heavy atom. The van der Waals surface area contributed by atoms with Crippen LogP contribution in [0.3, 0.4) is 0 Å². The number of ketones is 1. The first-order valence-electron chi connectivity index (χ1n) is 6.13. The van der Waals surface area contributed by atoms with Gasteiger partial charge in [-0.15, -0.1) is 0 Å². The number of ether oxygens (including phenoxy) is 2. The molecule has 0 amide bonds. The number of carbonyl (C=O) groups excluding carboxylic acids is 1. The summed E-state index contributed by atoms with van der Waals surface area (Å²) >= 11 is 0. The Morgan fingerprint density at radius 1 is 1.25 bits per heavy atom. The van der Waals surface area contributed by atoms with Gasteiger partial charge in [0, 0.05) is 18.0 Å². The lowest BCUT2D eigenvalue weighted by Crippen LogP contribution is -2.11. The summed E-state index contributed by atoms with van der Waals surface area (Å²) in [5.74, 6) is 0.202. The van der Waals surface area contributed by atoms with E-state index in [0.29, 0.717) is 17.9 Å². The van der Waals surface area contributed by atoms with Crippen molar-refractivity contribution < 1.29 is 14.3 Å². The molecule has 20 heavy (non-hydrogen) atoms. The molecule has 0 spiro atoms. The quantitative estimate of drug-likeness (QED) is 0.772. The van der Waals surface area contributed by atoms with Crippen molar-refractivity contribution in [3.05, 3.63) is 41.5 Å². The minimum Gasteiger partial charge on any atom is -0.480 e. The predicted octanol–water partition coefficient (Wildman–Crippen LogP) is 1.68. The summed E-state index contributed by atoms with van der Waals surface area (Å²) in [6.45, 7) is 1.96. The molecular formula is C14H15N3O3. The number of aryl methyl sites for hydroxylation is 1. The summed E-state index contributed by atoms with van der Waals surface area (Å²) in [4.78, 5) is 24.7. The molecular weight excluding hydrogens is 258 g/mol. The van der Waals surface area contributed by atoms with Gasteiger partial charge in [-0.1, -0.05) is 6.92 Å². The van der Waals surface area contributed by atoms with Crippen LogP contribution in [0.25, 0.3) is 0 Å². The molecule has 6 nitrogen and oxygen atoms in total. The summed E-state index contributed by atoms with van der Waals surface area (Å²) in [6, 6.07) is 1.67. The molecule has 0 bridgehead atoms. The standard InChI is InChI=1S/C14H15N3O3/c1-4-9-7-15-6-5-10(9)13(18)12-14(20-3)17-11(19-2)8-16-12/h5-8H,4H2,1-3H3. The Morgan fingerprint density at radius 2 is 2.05 bits per heavy atom. The molecule has 2 aromatic heterocycles. The third-order valence-electron chi connectivity index (χ3n) is 2.87. The van der Waals surface area contributed by atoms with Gasteiger partial charge < -0.3 is 9.47 Å². The van der Waals surface area contributed by atoms with E-state index in [4.69, 9.17) is 9.47 Å². The van der Waals surface area contributed by atoms with Crippen LogP contribution in [0.5, 0.6) is 11.8 Å². The summed E-state index contributed by atoms with van der Waals surface area (Å²) in [7, 11) is 2.91. The molecule has 2 rings (SSSR count). The van der Waals surface area contributed by atoms with Crippen LogP contribution in [-0.2, 0) is 6.42 Å². The number of aromatic nitrogens is 3. The van der Waals surface area contributed by atoms with E-state index in [1.807, 2.05) is 6.92 Å². The Bertz CT molecular complexity index is 629. The van der Waals surface area contributed by atoms with Gasteiger partial charge in [-0.25, -0.2) is 4.98 Å². The lowest BCUT2D eigenvalue weighted by molar-refractivity contribution is 0.102. The number of methoxy groups -OCH3 is 2. The Balaban J connectivity index is 2.48. The second kappa shape index (κ2) is 6.10. The second-order valence-corrected chi connectivity index (χ2v) is 3.99. The fourth-order valence-corrected chi connectivity index (χ4v) is 1.81. The first kappa shape index (κ1) is 13.9. The van der Waals surface area contributed by atoms with E-state index in [1.54, 1.807) is 18.5 Å². The Hall–Kier alpha value is -2.50. The molecule has 0 saturated carbocycles. The molecule has 0 N–H and O–H groups in total. The minimum atomic E-state index is -0.240. The van der Waals surface area contributed by atoms with Crippen molar-refractivity contribution in [3.63, 3.8) is 0 Å². The molecule has 0 aliphatic rings. The summed E-state index contributed by atoms with van der Waals surface area (Å²) in [5.41, 5.74) is 1.58. The van der Waals surface area contributed by atoms with Crippen molar-refractivity contribution in [2.75, 3.05) is 14.2 Å². The van der Waals surface area contributed by atoms with Crippen LogP contribution in [0, 0.1) is 0 Å². The first-order valence-corrected chi connectivity index (χ1v) is 6.13. The van der Waals surface area contributed by atoms with Crippen LogP contribution in [-0.4, -0.2) is 35.0 Å². The molecule has 104 valence electrons. The number of hydrogen-bond donors (Lipinski definition) is 0. The maximum atomic E-state index is 12.6. The van der Waals surface area contributed by atoms with Crippen LogP contribution < -0.4 is 9.47 Å². The van der Waals surface area contributed by atoms with E-state index >= 15 is 0 Å². The van der Waals surface area contributed by atoms with Crippen molar-refractivity contribution in [1.29, 1.82) is 0 Å². The molecule has 0 aliphatic heterocycles. The monoisotopic (exact) mass is 273 g/mol. The van der Waals surface area contributed by atoms with Crippen molar-refractivity contribution in [2.24, 2.45) is 0 Å². The fraction of sp³-hybridized carbons (Fsp3) is 0.286. The number of pyridine rings is 1. The van der Waals surface area contributed by atoms with Gasteiger partial charge in [0.1, 0.15) is 0 Å². The second-order valence-electron chi connectivity index (χ2n) is 3.99. The van der Waals surface area contributed by atoms with Gasteiger partial charge >= 0.3 is 0 Å². The highest BCUT2D eigenvalue weighted by Crippen LogP contribution is 2.21. The van der Waals surface area contributed by atoms with E-state index in [9.17, 15) is 4.79 Å². The Kier molecular flexibility index (Phi) is 4.24. The van der Waals surface area contributed by atoms with Gasteiger partial charge in [0.15, 0.2) is 5.69 Å². The molecule has 6 heteroatoms. The zero-order chi connectivity index (χ0) is 14.5. The third-order valence-corrected chi connectivity index (χ3v) is 2.87.